The fraction of sp³-hybridized carbons (Fsp3) is 0.483. The summed E-state index contributed by atoms with van der Waals surface area (Å²) in [5.41, 5.74) is 1.55. The van der Waals surface area contributed by atoms with Crippen LogP contribution >= 0.6 is 0 Å². The molecule has 1 aliphatic rings. The first kappa shape index (κ1) is 27.6. The van der Waals surface area contributed by atoms with E-state index in [4.69, 9.17) is 4.74 Å². The molecule has 1 fully saturated rings. The van der Waals surface area contributed by atoms with Crippen LogP contribution in [0.1, 0.15) is 42.6 Å². The number of carbonyl (C=O) groups is 3. The van der Waals surface area contributed by atoms with Gasteiger partial charge in [-0.05, 0) is 36.8 Å². The number of morpholine rings is 1. The van der Waals surface area contributed by atoms with Crippen molar-refractivity contribution < 1.29 is 19.1 Å². The topological polar surface area (TPSA) is 79.0 Å². The van der Waals surface area contributed by atoms with Gasteiger partial charge in [-0.2, -0.15) is 0 Å². The normalized spacial score (nSPS) is 15.8. The van der Waals surface area contributed by atoms with Crippen molar-refractivity contribution in [1.82, 2.24) is 15.1 Å². The van der Waals surface area contributed by atoms with Crippen LogP contribution in [0.5, 0.6) is 0 Å². The first-order valence-electron chi connectivity index (χ1n) is 12.8. The van der Waals surface area contributed by atoms with Gasteiger partial charge in [0.2, 0.25) is 11.8 Å². The Kier molecular flexibility index (Phi) is 10.6. The molecule has 0 aliphatic carbocycles. The molecule has 1 aliphatic heterocycles. The first-order chi connectivity index (χ1) is 17.3. The first-order valence-corrected chi connectivity index (χ1v) is 12.8. The fourth-order valence-electron chi connectivity index (χ4n) is 4.43. The Morgan fingerprint density at radius 2 is 1.75 bits per heavy atom. The Bertz CT molecular complexity index is 975. The minimum atomic E-state index is -0.731. The third-order valence-electron chi connectivity index (χ3n) is 6.46. The van der Waals surface area contributed by atoms with E-state index < -0.39 is 12.1 Å². The van der Waals surface area contributed by atoms with Gasteiger partial charge in [-0.25, -0.2) is 0 Å². The highest BCUT2D eigenvalue weighted by Crippen LogP contribution is 2.18. The van der Waals surface area contributed by atoms with E-state index in [1.54, 1.807) is 25.2 Å². The molecule has 1 saturated heterocycles. The Hall–Kier alpha value is -3.03. The van der Waals surface area contributed by atoms with E-state index in [0.29, 0.717) is 51.1 Å². The Morgan fingerprint density at radius 3 is 2.39 bits per heavy atom. The molecule has 2 atom stereocenters. The predicted molar refractivity (Wildman–Crippen MR) is 140 cm³/mol. The number of benzene rings is 2. The summed E-state index contributed by atoms with van der Waals surface area (Å²) in [4.78, 5) is 43.6. The van der Waals surface area contributed by atoms with Gasteiger partial charge in [0, 0.05) is 25.7 Å². The maximum absolute atomic E-state index is 13.8. The van der Waals surface area contributed by atoms with Gasteiger partial charge < -0.3 is 15.0 Å². The monoisotopic (exact) mass is 492 g/mol. The van der Waals surface area contributed by atoms with E-state index in [-0.39, 0.29) is 30.1 Å². The second-order valence-electron chi connectivity index (χ2n) is 9.77. The molecule has 2 aromatic carbocycles. The number of hydrogen-bond acceptors (Lipinski definition) is 5. The van der Waals surface area contributed by atoms with Crippen molar-refractivity contribution in [2.75, 3.05) is 39.9 Å². The van der Waals surface area contributed by atoms with Crippen LogP contribution in [0.25, 0.3) is 0 Å². The van der Waals surface area contributed by atoms with Gasteiger partial charge in [0.1, 0.15) is 6.04 Å². The quantitative estimate of drug-likeness (QED) is 0.461. The zero-order chi connectivity index (χ0) is 25.9. The van der Waals surface area contributed by atoms with Gasteiger partial charge in [-0.1, -0.05) is 68.4 Å². The number of hydrogen-bond donors (Lipinski definition) is 1. The molecule has 1 N–H and O–H groups in total. The van der Waals surface area contributed by atoms with Gasteiger partial charge in [0.05, 0.1) is 25.8 Å². The van der Waals surface area contributed by atoms with Crippen molar-refractivity contribution in [3.05, 3.63) is 71.8 Å². The van der Waals surface area contributed by atoms with Crippen LogP contribution in [0.2, 0.25) is 0 Å². The number of ether oxygens (including phenoxy) is 1. The van der Waals surface area contributed by atoms with Crippen LogP contribution in [-0.4, -0.2) is 79.4 Å². The zero-order valence-electron chi connectivity index (χ0n) is 21.6. The third-order valence-corrected chi connectivity index (χ3v) is 6.46. The minimum Gasteiger partial charge on any atom is -0.379 e. The molecule has 0 spiro atoms. The molecular weight excluding hydrogens is 454 g/mol. The average Bonchev–Trinajstić information content (AvgIpc) is 2.90. The number of nitrogens with zero attached hydrogens (tertiary/aromatic N) is 2. The predicted octanol–water partition coefficient (Wildman–Crippen LogP) is 2.99. The summed E-state index contributed by atoms with van der Waals surface area (Å²) in [5.74, 6) is -0.380. The Balaban J connectivity index is 1.76. The molecule has 0 unspecified atom stereocenters. The fourth-order valence-corrected chi connectivity index (χ4v) is 4.43. The van der Waals surface area contributed by atoms with Crippen molar-refractivity contribution >= 4 is 17.6 Å². The van der Waals surface area contributed by atoms with Crippen LogP contribution in [0.4, 0.5) is 0 Å². The maximum Gasteiger partial charge on any atom is 0.245 e. The van der Waals surface area contributed by atoms with Gasteiger partial charge >= 0.3 is 0 Å². The molecular formula is C29H38N3O4. The molecule has 7 nitrogen and oxygen atoms in total. The van der Waals surface area contributed by atoms with Crippen LogP contribution in [0.15, 0.2) is 54.6 Å². The summed E-state index contributed by atoms with van der Waals surface area (Å²) in [6.45, 7) is 6.86. The van der Waals surface area contributed by atoms with Crippen molar-refractivity contribution in [3.63, 3.8) is 0 Å². The summed E-state index contributed by atoms with van der Waals surface area (Å²) in [7, 11) is 1.67. The van der Waals surface area contributed by atoms with Gasteiger partial charge in [-0.15, -0.1) is 0 Å². The largest absolute Gasteiger partial charge is 0.379 e. The Labute approximate surface area is 214 Å². The lowest BCUT2D eigenvalue weighted by molar-refractivity contribution is -0.137. The van der Waals surface area contributed by atoms with Crippen molar-refractivity contribution in [3.8, 4) is 0 Å². The molecule has 193 valence electrons. The summed E-state index contributed by atoms with van der Waals surface area (Å²) in [5, 5.41) is 2.97. The highest BCUT2D eigenvalue weighted by Gasteiger charge is 2.33. The van der Waals surface area contributed by atoms with Gasteiger partial charge in [0.15, 0.2) is 5.78 Å². The molecule has 3 rings (SSSR count). The molecule has 36 heavy (non-hydrogen) atoms. The van der Waals surface area contributed by atoms with Crippen molar-refractivity contribution in [2.45, 2.75) is 45.2 Å². The highest BCUT2D eigenvalue weighted by molar-refractivity contribution is 6.02. The molecule has 2 amide bonds. The van der Waals surface area contributed by atoms with Gasteiger partial charge in [0.25, 0.3) is 0 Å². The summed E-state index contributed by atoms with van der Waals surface area (Å²) in [6.07, 6.45) is 1.61. The molecule has 2 aromatic rings. The molecule has 1 heterocycles. The van der Waals surface area contributed by atoms with Crippen molar-refractivity contribution in [1.29, 1.82) is 0 Å². The van der Waals surface area contributed by atoms with E-state index in [2.05, 4.69) is 11.4 Å². The van der Waals surface area contributed by atoms with E-state index in [1.807, 2.05) is 55.1 Å². The minimum absolute atomic E-state index is 0.137. The number of ketones is 1. The number of aryl methyl sites for hydroxylation is 1. The maximum atomic E-state index is 13.8. The lowest BCUT2D eigenvalue weighted by Gasteiger charge is -2.32. The van der Waals surface area contributed by atoms with E-state index in [0.717, 1.165) is 5.56 Å². The Morgan fingerprint density at radius 1 is 1.06 bits per heavy atom. The smallest absolute Gasteiger partial charge is 0.245 e. The lowest BCUT2D eigenvalue weighted by atomic mass is 9.94. The number of likely N-dealkylation sites (N-methyl/N-ethyl adjacent to an activating group) is 1. The van der Waals surface area contributed by atoms with Gasteiger partial charge in [-0.3, -0.25) is 19.3 Å². The van der Waals surface area contributed by atoms with Crippen LogP contribution in [-0.2, 0) is 20.7 Å². The number of Topliss-reactive ketones (excluding diaryl/α,β-unsaturated/α-hetero) is 1. The average molecular weight is 493 g/mol. The lowest BCUT2D eigenvalue weighted by Crippen LogP contribution is -2.54. The highest BCUT2D eigenvalue weighted by atomic mass is 16.5. The molecule has 0 bridgehead atoms. The van der Waals surface area contributed by atoms with E-state index >= 15 is 0 Å². The van der Waals surface area contributed by atoms with Crippen LogP contribution in [0, 0.1) is 12.0 Å². The molecule has 0 saturated carbocycles. The number of rotatable bonds is 12. The van der Waals surface area contributed by atoms with E-state index in [1.165, 1.54) is 4.90 Å². The summed E-state index contributed by atoms with van der Waals surface area (Å²) in [6, 6.07) is 18.6. The number of carbonyl (C=O) groups excluding carboxylic acids is 3. The zero-order valence-corrected chi connectivity index (χ0v) is 21.6. The van der Waals surface area contributed by atoms with Crippen molar-refractivity contribution in [2.24, 2.45) is 5.92 Å². The second kappa shape index (κ2) is 13.9. The van der Waals surface area contributed by atoms with E-state index in [9.17, 15) is 14.4 Å². The summed E-state index contributed by atoms with van der Waals surface area (Å²) >= 11 is 0. The number of nitrogens with one attached hydrogen (secondary N) is 1. The van der Waals surface area contributed by atoms with Crippen LogP contribution < -0.4 is 5.32 Å². The van der Waals surface area contributed by atoms with Crippen LogP contribution in [0.3, 0.4) is 0 Å². The SMILES string of the molecule is CC(C)C[C@@H](C(=O)c1[c]cccc1)N(C)C(=O)[C@H](CCc1ccccc1)NC(=O)CN1CCOCC1. The standard InChI is InChI=1S/C29H38N3O4/c1-22(2)20-26(28(34)24-12-8-5-9-13-24)31(3)29(35)25(15-14-23-10-6-4-7-11-23)30-27(33)21-32-16-18-36-19-17-32/h4-12,22,25-26H,14-21H2,1-3H3,(H,30,33)/t25-,26-/m0/s1. The number of amides is 2. The molecule has 1 radical (unpaired) electrons. The molecule has 7 heteroatoms. The summed E-state index contributed by atoms with van der Waals surface area (Å²) < 4.78 is 5.37. The third kappa shape index (κ3) is 8.28. The molecule has 0 aromatic heterocycles. The second-order valence-corrected chi connectivity index (χ2v) is 9.77.